The van der Waals surface area contributed by atoms with Crippen molar-refractivity contribution in [1.82, 2.24) is 25.1 Å². The fourth-order valence-corrected chi connectivity index (χ4v) is 5.48. The zero-order valence-corrected chi connectivity index (χ0v) is 30.9. The number of benzene rings is 3. The number of carbonyl (C=O) groups is 3. The van der Waals surface area contributed by atoms with Gasteiger partial charge in [-0.15, -0.1) is 0 Å². The minimum Gasteiger partial charge on any atom is -0.409 e. The van der Waals surface area contributed by atoms with Gasteiger partial charge in [0.25, 0.3) is 5.91 Å². The summed E-state index contributed by atoms with van der Waals surface area (Å²) in [7, 11) is 1.81. The van der Waals surface area contributed by atoms with Gasteiger partial charge in [0, 0.05) is 55.6 Å². The fraction of sp³-hybridized carbons (Fsp3) is 0.375. The van der Waals surface area contributed by atoms with E-state index in [4.69, 9.17) is 4.74 Å². The summed E-state index contributed by atoms with van der Waals surface area (Å²) in [5.74, 6) is 0.812. The topological polar surface area (TPSA) is 129 Å². The number of aryl methyl sites for hydroxylation is 2. The first kappa shape index (κ1) is 38.5. The third-order valence-corrected chi connectivity index (χ3v) is 9.07. The molecule has 51 heavy (non-hydrogen) atoms. The highest BCUT2D eigenvalue weighted by Crippen LogP contribution is 2.35. The van der Waals surface area contributed by atoms with Crippen molar-refractivity contribution in [3.63, 3.8) is 0 Å². The summed E-state index contributed by atoms with van der Waals surface area (Å²) in [5.41, 5.74) is 6.06. The third-order valence-electron chi connectivity index (χ3n) is 9.07. The second-order valence-electron chi connectivity index (χ2n) is 12.7. The van der Waals surface area contributed by atoms with Crippen molar-refractivity contribution in [3.8, 4) is 16.9 Å². The van der Waals surface area contributed by atoms with Gasteiger partial charge in [-0.05, 0) is 105 Å². The quantitative estimate of drug-likeness (QED) is 0.111. The van der Waals surface area contributed by atoms with Gasteiger partial charge in [0.2, 0.25) is 11.9 Å². The number of ether oxygens (including phenoxy) is 1. The highest BCUT2D eigenvalue weighted by Gasteiger charge is 2.17. The number of nitrogens with zero attached hydrogens (tertiary/aromatic N) is 4. The van der Waals surface area contributed by atoms with E-state index in [1.54, 1.807) is 35.2 Å². The normalized spacial score (nSPS) is 11.5. The van der Waals surface area contributed by atoms with Gasteiger partial charge >= 0.3 is 6.09 Å². The number of hydrogen-bond acceptors (Lipinski definition) is 8. The van der Waals surface area contributed by atoms with Gasteiger partial charge in [0.05, 0.1) is 0 Å². The Kier molecular flexibility index (Phi) is 14.1. The van der Waals surface area contributed by atoms with Crippen LogP contribution in [0.4, 0.5) is 22.2 Å². The monoisotopic (exact) mass is 693 g/mol. The van der Waals surface area contributed by atoms with Crippen molar-refractivity contribution in [1.29, 1.82) is 0 Å². The smallest absolute Gasteiger partial charge is 0.409 e. The van der Waals surface area contributed by atoms with Crippen LogP contribution in [0.15, 0.2) is 72.9 Å². The van der Waals surface area contributed by atoms with Crippen LogP contribution < -0.4 is 20.7 Å². The number of amides is 3. The molecule has 0 saturated heterocycles. The van der Waals surface area contributed by atoms with Gasteiger partial charge < -0.3 is 25.2 Å². The Labute approximate surface area is 301 Å². The van der Waals surface area contributed by atoms with Crippen LogP contribution in [-0.4, -0.2) is 76.9 Å². The predicted octanol–water partition coefficient (Wildman–Crippen LogP) is 7.38. The fourth-order valence-electron chi connectivity index (χ4n) is 5.48. The number of hydrogen-bond donors (Lipinski definition) is 3. The second-order valence-corrected chi connectivity index (χ2v) is 12.7. The summed E-state index contributed by atoms with van der Waals surface area (Å²) in [4.78, 5) is 51.4. The molecular weight excluding hydrogens is 642 g/mol. The average Bonchev–Trinajstić information content (AvgIpc) is 3.12. The number of nitrogens with one attached hydrogen (secondary N) is 3. The van der Waals surface area contributed by atoms with E-state index in [1.807, 2.05) is 71.1 Å². The van der Waals surface area contributed by atoms with Crippen LogP contribution in [0, 0.1) is 13.8 Å². The first-order chi connectivity index (χ1) is 24.5. The van der Waals surface area contributed by atoms with Gasteiger partial charge in [-0.3, -0.25) is 14.9 Å². The Hall–Kier alpha value is -5.29. The van der Waals surface area contributed by atoms with Gasteiger partial charge in [-0.25, -0.2) is 9.78 Å². The minimum atomic E-state index is -0.717. The van der Waals surface area contributed by atoms with Crippen molar-refractivity contribution < 1.29 is 19.1 Å². The Morgan fingerprint density at radius 2 is 1.65 bits per heavy atom. The maximum Gasteiger partial charge on any atom is 0.418 e. The molecular formula is C40H51N7O4. The highest BCUT2D eigenvalue weighted by atomic mass is 16.6. The molecule has 4 rings (SSSR count). The van der Waals surface area contributed by atoms with Gasteiger partial charge in [0.1, 0.15) is 11.6 Å². The van der Waals surface area contributed by atoms with Crippen LogP contribution in [-0.2, 0) is 11.2 Å². The zero-order valence-electron chi connectivity index (χ0n) is 30.9. The molecule has 0 fully saturated rings. The molecule has 0 aliphatic carbocycles. The van der Waals surface area contributed by atoms with Gasteiger partial charge in [-0.2, -0.15) is 4.98 Å². The molecule has 1 heterocycles. The maximum atomic E-state index is 13.3. The molecule has 1 atom stereocenters. The average molecular weight is 694 g/mol. The minimum absolute atomic E-state index is 0.0187. The summed E-state index contributed by atoms with van der Waals surface area (Å²) in [6.07, 6.45) is 2.49. The van der Waals surface area contributed by atoms with Crippen molar-refractivity contribution >= 4 is 35.4 Å². The largest absolute Gasteiger partial charge is 0.418 e. The third kappa shape index (κ3) is 11.1. The molecule has 1 unspecified atom stereocenters. The Bertz CT molecular complexity index is 1790. The number of likely N-dealkylation sites (N-methyl/N-ethyl adjacent to an activating group) is 2. The summed E-state index contributed by atoms with van der Waals surface area (Å²) in [5, 5.41) is 8.84. The molecule has 3 amide bonds. The molecule has 0 bridgehead atoms. The molecule has 0 aliphatic heterocycles. The molecule has 0 saturated carbocycles. The van der Waals surface area contributed by atoms with Crippen LogP contribution in [0.1, 0.15) is 67.6 Å². The van der Waals surface area contributed by atoms with Crippen molar-refractivity contribution in [2.45, 2.75) is 66.8 Å². The van der Waals surface area contributed by atoms with E-state index in [1.165, 1.54) is 6.20 Å². The molecule has 4 aromatic rings. The van der Waals surface area contributed by atoms with E-state index in [2.05, 4.69) is 44.7 Å². The lowest BCUT2D eigenvalue weighted by atomic mass is 9.95. The number of carbonyl (C=O) groups excluding carboxylic acids is 3. The lowest BCUT2D eigenvalue weighted by Crippen LogP contribution is -2.36. The molecule has 3 aromatic carbocycles. The molecule has 11 nitrogen and oxygen atoms in total. The van der Waals surface area contributed by atoms with E-state index in [0.717, 1.165) is 53.9 Å². The van der Waals surface area contributed by atoms with Crippen LogP contribution in [0.5, 0.6) is 5.75 Å². The van der Waals surface area contributed by atoms with E-state index in [-0.39, 0.29) is 29.6 Å². The maximum absolute atomic E-state index is 13.3. The van der Waals surface area contributed by atoms with Crippen molar-refractivity contribution in [2.24, 2.45) is 0 Å². The summed E-state index contributed by atoms with van der Waals surface area (Å²) in [6, 6.07) is 20.5. The van der Waals surface area contributed by atoms with E-state index in [0.29, 0.717) is 36.4 Å². The standard InChI is InChI=1S/C40H51N7O4/c1-8-28(5)42-37(48)21-15-30-14-20-34(33-13-11-12-27(4)29(33)6)35(26-30)51-40(50)45-36-22-23-41-39(44-36)43-32-18-16-31(17-19-32)38(49)46(7)24-25-47(9-2)10-3/h11-14,16-20,22-23,26,28H,8-10,15,21,24-25H2,1-7H3,(H,42,48)(H2,41,43,44,45,50). The SMILES string of the molecule is CCC(C)NC(=O)CCc1ccc(-c2cccc(C)c2C)c(OC(=O)Nc2ccnc(Nc3ccc(C(=O)N(C)CCN(CC)CC)cc3)n2)c1. The Morgan fingerprint density at radius 3 is 2.35 bits per heavy atom. The summed E-state index contributed by atoms with van der Waals surface area (Å²) < 4.78 is 5.91. The van der Waals surface area contributed by atoms with Crippen LogP contribution in [0.2, 0.25) is 0 Å². The first-order valence-corrected chi connectivity index (χ1v) is 17.7. The second kappa shape index (κ2) is 18.6. The zero-order chi connectivity index (χ0) is 36.9. The lowest BCUT2D eigenvalue weighted by Gasteiger charge is -2.23. The van der Waals surface area contributed by atoms with Crippen LogP contribution in [0.3, 0.4) is 0 Å². The van der Waals surface area contributed by atoms with E-state index >= 15 is 0 Å². The highest BCUT2D eigenvalue weighted by molar-refractivity contribution is 5.94. The lowest BCUT2D eigenvalue weighted by molar-refractivity contribution is -0.121. The van der Waals surface area contributed by atoms with Gasteiger partial charge in [-0.1, -0.05) is 51.1 Å². The molecule has 1 aromatic heterocycles. The molecule has 0 aliphatic rings. The predicted molar refractivity (Wildman–Crippen MR) is 204 cm³/mol. The van der Waals surface area contributed by atoms with Crippen LogP contribution >= 0.6 is 0 Å². The molecule has 0 spiro atoms. The molecule has 3 N–H and O–H groups in total. The van der Waals surface area contributed by atoms with Gasteiger partial charge in [0.15, 0.2) is 0 Å². The van der Waals surface area contributed by atoms with Crippen molar-refractivity contribution in [2.75, 3.05) is 43.9 Å². The molecule has 0 radical (unpaired) electrons. The summed E-state index contributed by atoms with van der Waals surface area (Å²) >= 11 is 0. The Balaban J connectivity index is 1.44. The molecule has 11 heteroatoms. The number of rotatable bonds is 16. The van der Waals surface area contributed by atoms with E-state index < -0.39 is 6.09 Å². The van der Waals surface area contributed by atoms with Crippen LogP contribution in [0.25, 0.3) is 11.1 Å². The number of anilines is 3. The van der Waals surface area contributed by atoms with E-state index in [9.17, 15) is 14.4 Å². The summed E-state index contributed by atoms with van der Waals surface area (Å²) in [6.45, 7) is 15.7. The van der Waals surface area contributed by atoms with Crippen molar-refractivity contribution in [3.05, 3.63) is 95.2 Å². The first-order valence-electron chi connectivity index (χ1n) is 17.7. The Morgan fingerprint density at radius 1 is 0.902 bits per heavy atom. The number of aromatic nitrogens is 2. The molecule has 270 valence electrons.